The molecule has 3 aromatic rings. The van der Waals surface area contributed by atoms with Gasteiger partial charge >= 0.3 is 0 Å². The summed E-state index contributed by atoms with van der Waals surface area (Å²) >= 11 is 0. The van der Waals surface area contributed by atoms with Crippen molar-refractivity contribution in [1.82, 2.24) is 5.01 Å². The number of allylic oxidation sites excluding steroid dienone is 1. The molecule has 1 fully saturated rings. The van der Waals surface area contributed by atoms with Gasteiger partial charge in [0.1, 0.15) is 0 Å². The maximum absolute atomic E-state index is 13.5. The summed E-state index contributed by atoms with van der Waals surface area (Å²) in [6.07, 6.45) is 4.45. The van der Waals surface area contributed by atoms with Crippen LogP contribution < -0.4 is 0 Å². The van der Waals surface area contributed by atoms with Gasteiger partial charge in [-0.25, -0.2) is 5.01 Å². The Bertz CT molecular complexity index is 1380. The summed E-state index contributed by atoms with van der Waals surface area (Å²) in [5.74, 6) is -0.312. The molecule has 5 rings (SSSR count). The van der Waals surface area contributed by atoms with Crippen molar-refractivity contribution in [3.05, 3.63) is 121 Å². The largest absolute Gasteiger partial charge is 0.274 e. The predicted octanol–water partition coefficient (Wildman–Crippen LogP) is 5.94. The van der Waals surface area contributed by atoms with E-state index in [0.29, 0.717) is 5.56 Å². The number of nitro benzene ring substituents is 2. The first kappa shape index (κ1) is 23.1. The summed E-state index contributed by atoms with van der Waals surface area (Å²) in [5, 5.41) is 28.5. The number of benzene rings is 3. The molecule has 0 bridgehead atoms. The van der Waals surface area contributed by atoms with Gasteiger partial charge in [0.05, 0.1) is 21.6 Å². The zero-order valence-electron chi connectivity index (χ0n) is 19.2. The highest BCUT2D eigenvalue weighted by molar-refractivity contribution is 6.09. The van der Waals surface area contributed by atoms with Crippen molar-refractivity contribution in [1.29, 1.82) is 0 Å². The average Bonchev–Trinajstić information content (AvgIpc) is 3.30. The molecule has 2 aliphatic rings. The summed E-state index contributed by atoms with van der Waals surface area (Å²) in [4.78, 5) is 34.8. The van der Waals surface area contributed by atoms with Gasteiger partial charge in [-0.3, -0.25) is 25.0 Å². The number of fused-ring (bicyclic) bond motifs is 1. The van der Waals surface area contributed by atoms with Crippen molar-refractivity contribution in [2.75, 3.05) is 0 Å². The Morgan fingerprint density at radius 3 is 2.11 bits per heavy atom. The van der Waals surface area contributed by atoms with Gasteiger partial charge in [-0.1, -0.05) is 30.3 Å². The normalized spacial score (nSPS) is 20.1. The quantitative estimate of drug-likeness (QED) is 0.329. The number of carbonyl (C=O) groups excluding carboxylic acids is 1. The fourth-order valence-electron chi connectivity index (χ4n) is 4.90. The molecule has 36 heavy (non-hydrogen) atoms. The molecule has 0 radical (unpaired) electrons. The number of hydrogen-bond donors (Lipinski definition) is 0. The Hall–Kier alpha value is -4.66. The van der Waals surface area contributed by atoms with E-state index >= 15 is 0 Å². The lowest BCUT2D eigenvalue weighted by Gasteiger charge is -2.29. The Kier molecular flexibility index (Phi) is 6.12. The van der Waals surface area contributed by atoms with Gasteiger partial charge in [-0.15, -0.1) is 0 Å². The van der Waals surface area contributed by atoms with Gasteiger partial charge in [-0.2, -0.15) is 5.10 Å². The number of hydrazone groups is 1. The summed E-state index contributed by atoms with van der Waals surface area (Å²) in [7, 11) is 0. The second-order valence-electron chi connectivity index (χ2n) is 8.81. The maximum Gasteiger partial charge on any atom is 0.274 e. The van der Waals surface area contributed by atoms with E-state index in [-0.39, 0.29) is 23.2 Å². The minimum absolute atomic E-state index is 0.0128. The number of carbonyl (C=O) groups is 1. The Morgan fingerprint density at radius 1 is 0.889 bits per heavy atom. The molecule has 0 aromatic heterocycles. The number of nitrogens with zero attached hydrogens (tertiary/aromatic N) is 4. The van der Waals surface area contributed by atoms with Crippen LogP contribution in [0.5, 0.6) is 0 Å². The van der Waals surface area contributed by atoms with Gasteiger partial charge in [0.15, 0.2) is 0 Å². The van der Waals surface area contributed by atoms with E-state index in [0.717, 1.165) is 41.7 Å². The fourth-order valence-corrected chi connectivity index (χ4v) is 4.90. The fraction of sp³-hybridized carbons (Fsp3) is 0.185. The molecule has 9 nitrogen and oxygen atoms in total. The summed E-state index contributed by atoms with van der Waals surface area (Å²) in [6, 6.07) is 21.1. The Labute approximate surface area is 206 Å². The van der Waals surface area contributed by atoms with E-state index in [4.69, 9.17) is 5.10 Å². The molecule has 9 heteroatoms. The van der Waals surface area contributed by atoms with E-state index < -0.39 is 15.9 Å². The van der Waals surface area contributed by atoms with Crippen LogP contribution in [0.25, 0.3) is 6.08 Å². The molecule has 180 valence electrons. The monoisotopic (exact) mass is 482 g/mol. The minimum atomic E-state index is -0.446. The average molecular weight is 482 g/mol. The Balaban J connectivity index is 1.55. The first-order valence-corrected chi connectivity index (χ1v) is 11.6. The first-order chi connectivity index (χ1) is 17.4. The third kappa shape index (κ3) is 4.38. The molecular formula is C27H22N4O5. The molecule has 2 atom stereocenters. The van der Waals surface area contributed by atoms with Crippen molar-refractivity contribution in [2.45, 2.75) is 25.3 Å². The molecule has 1 aliphatic heterocycles. The lowest BCUT2D eigenvalue weighted by Crippen LogP contribution is -2.31. The molecule has 1 aliphatic carbocycles. The molecular weight excluding hydrogens is 460 g/mol. The molecule has 0 spiro atoms. The highest BCUT2D eigenvalue weighted by Crippen LogP contribution is 2.45. The third-order valence-electron chi connectivity index (χ3n) is 6.62. The third-order valence-corrected chi connectivity index (χ3v) is 6.62. The second-order valence-corrected chi connectivity index (χ2v) is 8.81. The number of nitro groups is 2. The number of amides is 1. The van der Waals surface area contributed by atoms with Crippen LogP contribution in [0.3, 0.4) is 0 Å². The van der Waals surface area contributed by atoms with Crippen LogP contribution in [0.4, 0.5) is 11.4 Å². The molecule has 1 heterocycles. The van der Waals surface area contributed by atoms with Crippen LogP contribution in [0.2, 0.25) is 0 Å². The molecule has 0 unspecified atom stereocenters. The van der Waals surface area contributed by atoms with E-state index in [9.17, 15) is 25.0 Å². The summed E-state index contributed by atoms with van der Waals surface area (Å²) in [6.45, 7) is 0. The topological polar surface area (TPSA) is 119 Å². The SMILES string of the molecule is O=C(c1ccccc1)N1N=C2/C(=C/c3ccc([N+](=O)[O-])cc3)CCC[C@H]2[C@@H]1c1ccc([N+](=O)[O-])cc1. The standard InChI is InChI=1S/C27H22N4O5/c32-27(20-5-2-1-3-6-20)29-26(19-11-15-23(16-12-19)31(35)36)24-8-4-7-21(25(24)28-29)17-18-9-13-22(14-10-18)30(33)34/h1-3,5-6,9-17,24,26H,4,7-8H2/b21-17+/t24-,26+/m1/s1. The highest BCUT2D eigenvalue weighted by atomic mass is 16.6. The van der Waals surface area contributed by atoms with Crippen molar-refractivity contribution < 1.29 is 14.6 Å². The summed E-state index contributed by atoms with van der Waals surface area (Å²) < 4.78 is 0. The van der Waals surface area contributed by atoms with Gasteiger partial charge in [0.2, 0.25) is 0 Å². The van der Waals surface area contributed by atoms with Crippen molar-refractivity contribution in [2.24, 2.45) is 11.0 Å². The molecule has 1 saturated carbocycles. The predicted molar refractivity (Wildman–Crippen MR) is 134 cm³/mol. The number of non-ortho nitro benzene ring substituents is 2. The van der Waals surface area contributed by atoms with Gasteiger partial charge in [0, 0.05) is 35.7 Å². The van der Waals surface area contributed by atoms with Crippen LogP contribution in [0, 0.1) is 26.1 Å². The zero-order valence-corrected chi connectivity index (χ0v) is 19.2. The lowest BCUT2D eigenvalue weighted by atomic mass is 9.77. The second kappa shape index (κ2) is 9.53. The number of hydrogen-bond acceptors (Lipinski definition) is 6. The van der Waals surface area contributed by atoms with Gasteiger partial charge in [-0.05, 0) is 66.3 Å². The van der Waals surface area contributed by atoms with Crippen LogP contribution in [0.15, 0.2) is 89.5 Å². The molecule has 1 amide bonds. The molecule has 0 saturated heterocycles. The Morgan fingerprint density at radius 2 is 1.50 bits per heavy atom. The van der Waals surface area contributed by atoms with Crippen LogP contribution in [-0.2, 0) is 0 Å². The maximum atomic E-state index is 13.5. The lowest BCUT2D eigenvalue weighted by molar-refractivity contribution is -0.385. The van der Waals surface area contributed by atoms with E-state index in [1.807, 2.05) is 12.1 Å². The van der Waals surface area contributed by atoms with E-state index in [1.165, 1.54) is 29.3 Å². The van der Waals surface area contributed by atoms with Gasteiger partial charge in [0.25, 0.3) is 17.3 Å². The number of rotatable bonds is 5. The van der Waals surface area contributed by atoms with Gasteiger partial charge < -0.3 is 0 Å². The van der Waals surface area contributed by atoms with Crippen molar-refractivity contribution in [3.63, 3.8) is 0 Å². The van der Waals surface area contributed by atoms with E-state index in [1.54, 1.807) is 48.5 Å². The van der Waals surface area contributed by atoms with Crippen molar-refractivity contribution >= 4 is 29.1 Å². The smallest absolute Gasteiger partial charge is 0.267 e. The first-order valence-electron chi connectivity index (χ1n) is 11.6. The molecule has 3 aromatic carbocycles. The molecule has 0 N–H and O–H groups in total. The summed E-state index contributed by atoms with van der Waals surface area (Å²) in [5.41, 5.74) is 3.91. The van der Waals surface area contributed by atoms with E-state index in [2.05, 4.69) is 0 Å². The van der Waals surface area contributed by atoms with Crippen LogP contribution in [0.1, 0.15) is 46.8 Å². The minimum Gasteiger partial charge on any atom is -0.267 e. The zero-order chi connectivity index (χ0) is 25.2. The van der Waals surface area contributed by atoms with Crippen LogP contribution >= 0.6 is 0 Å². The highest BCUT2D eigenvalue weighted by Gasteiger charge is 2.44. The van der Waals surface area contributed by atoms with Crippen LogP contribution in [-0.4, -0.2) is 26.5 Å². The van der Waals surface area contributed by atoms with Crippen molar-refractivity contribution in [3.8, 4) is 0 Å².